The number of aromatic nitrogens is 3. The summed E-state index contributed by atoms with van der Waals surface area (Å²) < 4.78 is 45.3. The Labute approximate surface area is 200 Å². The molecule has 0 bridgehead atoms. The van der Waals surface area contributed by atoms with Crippen LogP contribution in [0.5, 0.6) is 5.75 Å². The lowest BCUT2D eigenvalue weighted by molar-refractivity contribution is -0.137. The van der Waals surface area contributed by atoms with E-state index in [1.807, 2.05) is 4.90 Å². The van der Waals surface area contributed by atoms with Crippen LogP contribution in [0.25, 0.3) is 0 Å². The van der Waals surface area contributed by atoms with Crippen molar-refractivity contribution < 1.29 is 23.0 Å². The fraction of sp³-hybridized carbons (Fsp3) is 0.238. The quantitative estimate of drug-likeness (QED) is 0.314. The summed E-state index contributed by atoms with van der Waals surface area (Å²) in [6.45, 7) is 2.07. The normalized spacial score (nSPS) is 14.4. The predicted molar refractivity (Wildman–Crippen MR) is 125 cm³/mol. The minimum atomic E-state index is -4.48. The molecule has 1 aliphatic heterocycles. The molecule has 9 nitrogen and oxygen atoms in total. The molecule has 1 fully saturated rings. The molecular formula is C21H19BrF3N7O2. The molecule has 1 saturated heterocycles. The van der Waals surface area contributed by atoms with Crippen molar-refractivity contribution in [1.29, 1.82) is 0 Å². The Morgan fingerprint density at radius 3 is 2.59 bits per heavy atom. The van der Waals surface area contributed by atoms with Crippen LogP contribution in [-0.2, 0) is 10.9 Å². The van der Waals surface area contributed by atoms with Gasteiger partial charge in [-0.2, -0.15) is 33.2 Å². The fourth-order valence-corrected chi connectivity index (χ4v) is 3.44. The highest BCUT2D eigenvalue weighted by Gasteiger charge is 2.30. The summed E-state index contributed by atoms with van der Waals surface area (Å²) in [5.41, 5.74) is 2.51. The molecule has 2 heterocycles. The highest BCUT2D eigenvalue weighted by molar-refractivity contribution is 9.10. The van der Waals surface area contributed by atoms with Gasteiger partial charge < -0.3 is 20.1 Å². The van der Waals surface area contributed by atoms with Gasteiger partial charge in [-0.25, -0.2) is 5.43 Å². The maximum absolute atomic E-state index is 13.1. The molecule has 178 valence electrons. The second-order valence-electron chi connectivity index (χ2n) is 7.16. The lowest BCUT2D eigenvalue weighted by Crippen LogP contribution is -2.37. The largest absolute Gasteiger partial charge is 0.507 e. The molecule has 1 aromatic heterocycles. The van der Waals surface area contributed by atoms with E-state index in [9.17, 15) is 18.3 Å². The number of hydrazone groups is 1. The van der Waals surface area contributed by atoms with Gasteiger partial charge in [0, 0.05) is 28.8 Å². The van der Waals surface area contributed by atoms with E-state index >= 15 is 0 Å². The van der Waals surface area contributed by atoms with E-state index in [4.69, 9.17) is 4.74 Å². The van der Waals surface area contributed by atoms with Crippen LogP contribution in [0.1, 0.15) is 11.1 Å². The number of nitrogens with zero attached hydrogens (tertiary/aromatic N) is 5. The third kappa shape index (κ3) is 6.11. The van der Waals surface area contributed by atoms with Crippen molar-refractivity contribution in [2.75, 3.05) is 41.9 Å². The summed E-state index contributed by atoms with van der Waals surface area (Å²) >= 11 is 3.32. The molecule has 34 heavy (non-hydrogen) atoms. The number of phenols is 1. The number of anilines is 4. The van der Waals surface area contributed by atoms with Crippen LogP contribution in [0.2, 0.25) is 0 Å². The SMILES string of the molecule is Oc1ccc(Br)cc1/C=N/Nc1nc(Nc2cccc(C(F)(F)F)c2)nc(N2CCOCC2)n1. The smallest absolute Gasteiger partial charge is 0.416 e. The Morgan fingerprint density at radius 2 is 1.82 bits per heavy atom. The molecule has 3 N–H and O–H groups in total. The van der Waals surface area contributed by atoms with Gasteiger partial charge >= 0.3 is 6.18 Å². The summed E-state index contributed by atoms with van der Waals surface area (Å²) in [4.78, 5) is 14.8. The molecule has 1 aliphatic rings. The number of ether oxygens (including phenoxy) is 1. The van der Waals surface area contributed by atoms with Crippen molar-refractivity contribution in [1.82, 2.24) is 15.0 Å². The van der Waals surface area contributed by atoms with Gasteiger partial charge in [-0.05, 0) is 36.4 Å². The predicted octanol–water partition coefficient (Wildman–Crippen LogP) is 4.38. The molecule has 0 unspecified atom stereocenters. The molecule has 0 amide bonds. The van der Waals surface area contributed by atoms with Crippen LogP contribution in [0, 0.1) is 0 Å². The number of benzene rings is 2. The molecular weight excluding hydrogens is 519 g/mol. The number of alkyl halides is 3. The summed E-state index contributed by atoms with van der Waals surface area (Å²) in [7, 11) is 0. The lowest BCUT2D eigenvalue weighted by atomic mass is 10.2. The highest BCUT2D eigenvalue weighted by Crippen LogP contribution is 2.31. The molecule has 2 aromatic carbocycles. The van der Waals surface area contributed by atoms with Gasteiger partial charge in [-0.3, -0.25) is 0 Å². The van der Waals surface area contributed by atoms with Gasteiger partial charge in [0.25, 0.3) is 0 Å². The number of aromatic hydroxyl groups is 1. The van der Waals surface area contributed by atoms with E-state index in [1.54, 1.807) is 12.1 Å². The Morgan fingerprint density at radius 1 is 1.06 bits per heavy atom. The van der Waals surface area contributed by atoms with Gasteiger partial charge in [-0.15, -0.1) is 0 Å². The van der Waals surface area contributed by atoms with E-state index in [1.165, 1.54) is 24.4 Å². The van der Waals surface area contributed by atoms with Gasteiger partial charge in [-0.1, -0.05) is 22.0 Å². The van der Waals surface area contributed by atoms with Crippen molar-refractivity contribution >= 4 is 45.7 Å². The Hall–Kier alpha value is -3.45. The first-order valence-electron chi connectivity index (χ1n) is 10.1. The number of halogens is 4. The van der Waals surface area contributed by atoms with Gasteiger partial charge in [0.15, 0.2) is 0 Å². The zero-order chi connectivity index (χ0) is 24.1. The molecule has 0 atom stereocenters. The number of rotatable bonds is 6. The van der Waals surface area contributed by atoms with Crippen molar-refractivity contribution in [3.8, 4) is 5.75 Å². The minimum Gasteiger partial charge on any atom is -0.507 e. The van der Waals surface area contributed by atoms with E-state index < -0.39 is 11.7 Å². The van der Waals surface area contributed by atoms with Crippen molar-refractivity contribution in [3.63, 3.8) is 0 Å². The van der Waals surface area contributed by atoms with Crippen molar-refractivity contribution in [2.24, 2.45) is 5.10 Å². The molecule has 0 radical (unpaired) electrons. The first kappa shape index (κ1) is 23.7. The summed E-state index contributed by atoms with van der Waals surface area (Å²) in [5, 5.41) is 16.8. The van der Waals surface area contributed by atoms with Crippen LogP contribution in [-0.4, -0.2) is 52.6 Å². The van der Waals surface area contributed by atoms with Crippen LogP contribution in [0.3, 0.4) is 0 Å². The maximum Gasteiger partial charge on any atom is 0.416 e. The van der Waals surface area contributed by atoms with Crippen LogP contribution in [0.4, 0.5) is 36.7 Å². The number of hydrogen-bond donors (Lipinski definition) is 3. The van der Waals surface area contributed by atoms with Gasteiger partial charge in [0.05, 0.1) is 25.0 Å². The maximum atomic E-state index is 13.1. The monoisotopic (exact) mass is 537 g/mol. The molecule has 4 rings (SSSR count). The Kier molecular flexibility index (Phi) is 7.12. The molecule has 0 aliphatic carbocycles. The molecule has 0 saturated carbocycles. The highest BCUT2D eigenvalue weighted by atomic mass is 79.9. The Balaban J connectivity index is 1.60. The Bertz CT molecular complexity index is 1190. The number of hydrogen-bond acceptors (Lipinski definition) is 9. The number of morpholine rings is 1. The van der Waals surface area contributed by atoms with Crippen molar-refractivity contribution in [3.05, 3.63) is 58.1 Å². The minimum absolute atomic E-state index is 0.0327. The average Bonchev–Trinajstić information content (AvgIpc) is 2.81. The molecule has 13 heteroatoms. The lowest BCUT2D eigenvalue weighted by Gasteiger charge is -2.27. The van der Waals surface area contributed by atoms with E-state index in [2.05, 4.69) is 46.7 Å². The van der Waals surface area contributed by atoms with Crippen LogP contribution >= 0.6 is 15.9 Å². The average molecular weight is 538 g/mol. The topological polar surface area (TPSA) is 108 Å². The first-order valence-corrected chi connectivity index (χ1v) is 10.9. The second-order valence-corrected chi connectivity index (χ2v) is 8.07. The first-order chi connectivity index (χ1) is 16.3. The summed E-state index contributed by atoms with van der Waals surface area (Å²) in [6.07, 6.45) is -3.09. The summed E-state index contributed by atoms with van der Waals surface area (Å²) in [5.74, 6) is 0.455. The van der Waals surface area contributed by atoms with Crippen molar-refractivity contribution in [2.45, 2.75) is 6.18 Å². The third-order valence-corrected chi connectivity index (χ3v) is 5.21. The van der Waals surface area contributed by atoms with Gasteiger partial charge in [0.1, 0.15) is 5.75 Å². The third-order valence-electron chi connectivity index (χ3n) is 4.72. The fourth-order valence-electron chi connectivity index (χ4n) is 3.07. The van der Waals surface area contributed by atoms with Crippen LogP contribution in [0.15, 0.2) is 52.0 Å². The standard InChI is InChI=1S/C21H19BrF3N7O2/c22-15-4-5-17(33)13(10-15)12-26-31-19-28-18(29-20(30-19)32-6-8-34-9-7-32)27-16-3-1-2-14(11-16)21(23,24)25/h1-5,10-12,33H,6-9H2,(H2,27,28,29,30,31)/b26-12+. The van der Waals surface area contributed by atoms with E-state index in [-0.39, 0.29) is 23.3 Å². The zero-order valence-electron chi connectivity index (χ0n) is 17.6. The van der Waals surface area contributed by atoms with E-state index in [0.29, 0.717) is 37.8 Å². The molecule has 3 aromatic rings. The number of phenolic OH excluding ortho intramolecular Hbond substituents is 1. The van der Waals surface area contributed by atoms with E-state index in [0.717, 1.165) is 16.6 Å². The van der Waals surface area contributed by atoms with Crippen LogP contribution < -0.4 is 15.6 Å². The second kappa shape index (κ2) is 10.2. The van der Waals surface area contributed by atoms with Gasteiger partial charge in [0.2, 0.25) is 17.8 Å². The zero-order valence-corrected chi connectivity index (χ0v) is 19.1. The molecule has 0 spiro atoms. The summed E-state index contributed by atoms with van der Waals surface area (Å²) in [6, 6.07) is 9.61. The number of nitrogens with one attached hydrogen (secondary N) is 2.